The third-order valence-corrected chi connectivity index (χ3v) is 19.3. The zero-order valence-electron chi connectivity index (χ0n) is 52.4. The first-order valence-electron chi connectivity index (χ1n) is 32.6. The van der Waals surface area contributed by atoms with Crippen LogP contribution < -0.4 is 9.80 Å². The van der Waals surface area contributed by atoms with E-state index >= 15 is 0 Å². The van der Waals surface area contributed by atoms with Gasteiger partial charge in [0.15, 0.2) is 0 Å². The molecule has 5 nitrogen and oxygen atoms in total. The lowest BCUT2D eigenvalue weighted by atomic mass is 9.44. The van der Waals surface area contributed by atoms with Gasteiger partial charge in [-0.1, -0.05) is 243 Å². The summed E-state index contributed by atoms with van der Waals surface area (Å²) in [5.74, 6) is 0. The van der Waals surface area contributed by atoms with Crippen LogP contribution in [0.5, 0.6) is 0 Å². The summed E-state index contributed by atoms with van der Waals surface area (Å²) in [6.07, 6.45) is 0. The van der Waals surface area contributed by atoms with E-state index in [4.69, 9.17) is 15.0 Å². The number of hydrogen-bond acceptors (Lipinski definition) is 5. The number of aromatic nitrogens is 3. The van der Waals surface area contributed by atoms with E-state index in [9.17, 15) is 0 Å². The maximum Gasteiger partial charge on any atom is 0.0711 e. The highest BCUT2D eigenvalue weighted by Crippen LogP contribution is 2.67. The molecule has 3 aromatic heterocycles. The van der Waals surface area contributed by atoms with Crippen LogP contribution in [0.3, 0.4) is 0 Å². The van der Waals surface area contributed by atoms with Crippen molar-refractivity contribution in [2.75, 3.05) is 9.80 Å². The van der Waals surface area contributed by atoms with E-state index in [-0.39, 0.29) is 0 Å². The van der Waals surface area contributed by atoms with Crippen molar-refractivity contribution in [3.8, 4) is 67.5 Å². The van der Waals surface area contributed by atoms with Crippen molar-refractivity contribution in [1.29, 1.82) is 0 Å². The number of hydrogen-bond donors (Lipinski definition) is 0. The standard InChI is InChI=1S/C90H63N5/c1-62-25-20-21-44-88(62)95(73-36-18-7-19-37-73)75-54-50-69(51-55-75)89-76-56-45-67(86-42-23-39-83(92-86)64-28-10-3-11-29-64)60-80(76)90(70-48-52-74(53-49-70)94(71-32-14-5-15-33-71)72-34-16-6-17-35-72,78-58-47-66(59-79(78)89)85-41-22-38-82(91-85)63-26-8-2-9-27-63)81-61-68(46-57-77(81)89)87-43-24-40-84(93-87)65-30-12-4-13-31-65/h2-61H,1H3. The Morgan fingerprint density at radius 3 is 0.832 bits per heavy atom. The van der Waals surface area contributed by atoms with Crippen molar-refractivity contribution >= 4 is 34.1 Å². The molecule has 95 heavy (non-hydrogen) atoms. The second-order valence-corrected chi connectivity index (χ2v) is 24.7. The summed E-state index contributed by atoms with van der Waals surface area (Å²) >= 11 is 0. The fourth-order valence-electron chi connectivity index (χ4n) is 15.1. The monoisotopic (exact) mass is 1210 g/mol. The number of nitrogens with zero attached hydrogens (tertiary/aromatic N) is 5. The first-order chi connectivity index (χ1) is 47.0. The summed E-state index contributed by atoms with van der Waals surface area (Å²) in [5.41, 5.74) is 27.0. The van der Waals surface area contributed by atoms with E-state index in [2.05, 4.69) is 381 Å². The van der Waals surface area contributed by atoms with Crippen LogP contribution in [0, 0.1) is 6.92 Å². The summed E-state index contributed by atoms with van der Waals surface area (Å²) in [7, 11) is 0. The minimum absolute atomic E-state index is 0.888. The molecule has 3 heterocycles. The lowest BCUT2D eigenvalue weighted by molar-refractivity contribution is 0.558. The van der Waals surface area contributed by atoms with Gasteiger partial charge in [-0.05, 0) is 178 Å². The van der Waals surface area contributed by atoms with Gasteiger partial charge >= 0.3 is 0 Å². The van der Waals surface area contributed by atoms with Gasteiger partial charge in [-0.15, -0.1) is 0 Å². The number of aryl methyl sites for hydroxylation is 1. The summed E-state index contributed by atoms with van der Waals surface area (Å²) in [5, 5.41) is 0. The summed E-state index contributed by atoms with van der Waals surface area (Å²) in [4.78, 5) is 21.2. The molecule has 0 saturated carbocycles. The lowest BCUT2D eigenvalue weighted by Crippen LogP contribution is -2.52. The highest BCUT2D eigenvalue weighted by Gasteiger charge is 2.60. The van der Waals surface area contributed by atoms with Crippen molar-refractivity contribution in [1.82, 2.24) is 15.0 Å². The minimum atomic E-state index is -0.919. The molecule has 0 atom stereocenters. The van der Waals surface area contributed by atoms with E-state index in [1.165, 1.54) is 38.9 Å². The average Bonchev–Trinajstić information content (AvgIpc) is 0.647. The topological polar surface area (TPSA) is 45.2 Å². The molecule has 3 aliphatic carbocycles. The summed E-state index contributed by atoms with van der Waals surface area (Å²) in [6, 6.07) is 132. The minimum Gasteiger partial charge on any atom is -0.311 e. The van der Waals surface area contributed by atoms with Crippen molar-refractivity contribution < 1.29 is 0 Å². The predicted molar refractivity (Wildman–Crippen MR) is 390 cm³/mol. The van der Waals surface area contributed by atoms with Gasteiger partial charge < -0.3 is 9.80 Å². The normalized spacial score (nSPS) is 14.9. The van der Waals surface area contributed by atoms with E-state index in [1.54, 1.807) is 0 Å². The molecule has 0 N–H and O–H groups in total. The zero-order chi connectivity index (χ0) is 63.3. The van der Waals surface area contributed by atoms with Gasteiger partial charge in [0.1, 0.15) is 0 Å². The van der Waals surface area contributed by atoms with Crippen molar-refractivity contribution in [3.63, 3.8) is 0 Å². The lowest BCUT2D eigenvalue weighted by Gasteiger charge is -2.57. The van der Waals surface area contributed by atoms with Gasteiger partial charge in [0.05, 0.1) is 45.0 Å². The Morgan fingerprint density at radius 2 is 0.484 bits per heavy atom. The van der Waals surface area contributed by atoms with Gasteiger partial charge in [-0.25, -0.2) is 15.0 Å². The average molecular weight is 1210 g/mol. The van der Waals surface area contributed by atoms with Gasteiger partial charge in [0.25, 0.3) is 0 Å². The molecule has 0 aliphatic heterocycles. The molecule has 15 aromatic rings. The summed E-state index contributed by atoms with van der Waals surface area (Å²) < 4.78 is 0. The van der Waals surface area contributed by atoms with Gasteiger partial charge in [-0.3, -0.25) is 0 Å². The molecule has 0 saturated heterocycles. The number of para-hydroxylation sites is 4. The molecule has 0 unspecified atom stereocenters. The highest BCUT2D eigenvalue weighted by atomic mass is 15.1. The SMILES string of the molecule is Cc1ccccc1N(c1ccccc1)c1ccc(C23c4ccc(-c5cccc(-c6ccccc6)n5)cc4C(c4ccc(N(c5ccccc5)c5ccccc5)cc4)(c4ccc(-c5cccc(-c6ccccc6)n5)cc42)c2cc(-c4cccc(-c5ccccc5)n4)ccc23)cc1. The number of anilines is 6. The predicted octanol–water partition coefficient (Wildman–Crippen LogP) is 22.5. The van der Waals surface area contributed by atoms with E-state index in [0.717, 1.165) is 113 Å². The molecular weight excluding hydrogens is 1150 g/mol. The van der Waals surface area contributed by atoms with Crippen LogP contribution in [0.4, 0.5) is 34.1 Å². The molecule has 448 valence electrons. The van der Waals surface area contributed by atoms with Gasteiger partial charge in [-0.2, -0.15) is 0 Å². The summed E-state index contributed by atoms with van der Waals surface area (Å²) in [6.45, 7) is 2.20. The Morgan fingerprint density at radius 1 is 0.211 bits per heavy atom. The maximum absolute atomic E-state index is 5.49. The van der Waals surface area contributed by atoms with Crippen LogP contribution in [0.1, 0.15) is 50.1 Å². The molecule has 0 fully saturated rings. The second kappa shape index (κ2) is 23.7. The van der Waals surface area contributed by atoms with Gasteiger partial charge in [0.2, 0.25) is 0 Å². The Kier molecular flexibility index (Phi) is 14.2. The third kappa shape index (κ3) is 9.66. The maximum atomic E-state index is 5.49. The molecule has 2 bridgehead atoms. The third-order valence-electron chi connectivity index (χ3n) is 19.3. The second-order valence-electron chi connectivity index (χ2n) is 24.7. The number of rotatable bonds is 14. The van der Waals surface area contributed by atoms with Crippen LogP contribution in [-0.4, -0.2) is 15.0 Å². The van der Waals surface area contributed by atoms with Crippen LogP contribution in [0.15, 0.2) is 364 Å². The van der Waals surface area contributed by atoms with E-state index in [0.29, 0.717) is 0 Å². The highest BCUT2D eigenvalue weighted by molar-refractivity contribution is 5.89. The molecule has 18 rings (SSSR count). The Balaban J connectivity index is 0.972. The number of pyridine rings is 3. The quantitative estimate of drug-likeness (QED) is 0.109. The van der Waals surface area contributed by atoms with E-state index in [1.807, 2.05) is 0 Å². The molecule has 5 heteroatoms. The van der Waals surface area contributed by atoms with Crippen LogP contribution >= 0.6 is 0 Å². The first-order valence-corrected chi connectivity index (χ1v) is 32.6. The Bertz CT molecular complexity index is 5120. The first kappa shape index (κ1) is 56.7. The molecule has 0 spiro atoms. The van der Waals surface area contributed by atoms with Crippen LogP contribution in [0.2, 0.25) is 0 Å². The van der Waals surface area contributed by atoms with Crippen molar-refractivity contribution in [2.45, 2.75) is 17.8 Å². The smallest absolute Gasteiger partial charge is 0.0711 e. The van der Waals surface area contributed by atoms with Crippen LogP contribution in [-0.2, 0) is 10.8 Å². The van der Waals surface area contributed by atoms with Crippen molar-refractivity contribution in [2.24, 2.45) is 0 Å². The number of benzene rings is 12. The van der Waals surface area contributed by atoms with Crippen molar-refractivity contribution in [3.05, 3.63) is 414 Å². The molecule has 12 aromatic carbocycles. The largest absolute Gasteiger partial charge is 0.311 e. The van der Waals surface area contributed by atoms with E-state index < -0.39 is 10.8 Å². The Labute approximate surface area is 554 Å². The molecule has 3 aliphatic rings. The molecule has 0 amide bonds. The molecule has 0 radical (unpaired) electrons. The fourth-order valence-corrected chi connectivity index (χ4v) is 15.1. The van der Waals surface area contributed by atoms with Gasteiger partial charge in [0, 0.05) is 67.5 Å². The molecular formula is C90H63N5. The van der Waals surface area contributed by atoms with Crippen LogP contribution in [0.25, 0.3) is 67.5 Å². The zero-order valence-corrected chi connectivity index (χ0v) is 52.4. The Hall–Kier alpha value is -12.3. The fraction of sp³-hybridized carbons (Fsp3) is 0.0333.